The number of carboxylic acid groups (broad SMARTS) is 1. The van der Waals surface area contributed by atoms with Crippen LogP contribution in [0.2, 0.25) is 0 Å². The van der Waals surface area contributed by atoms with E-state index in [0.29, 0.717) is 0 Å². The molecular weight excluding hydrogens is 234 g/mol. The van der Waals surface area contributed by atoms with E-state index in [0.717, 1.165) is 18.3 Å². The number of nitriles is 1. The smallest absolute Gasteiger partial charge is 0.337 e. The van der Waals surface area contributed by atoms with Crippen molar-refractivity contribution in [2.45, 2.75) is 5.03 Å². The Morgan fingerprint density at radius 2 is 2.25 bits per heavy atom. The summed E-state index contributed by atoms with van der Waals surface area (Å²) in [4.78, 5) is 14.0. The molecule has 8 heteroatoms. The molecule has 0 unspecified atom stereocenters. The van der Waals surface area contributed by atoms with Crippen molar-refractivity contribution in [1.82, 2.24) is 9.71 Å². The molecule has 2 N–H and O–H groups in total. The van der Waals surface area contributed by atoms with E-state index in [2.05, 4.69) is 4.98 Å². The Morgan fingerprint density at radius 3 is 2.69 bits per heavy atom. The van der Waals surface area contributed by atoms with E-state index in [4.69, 9.17) is 10.4 Å². The summed E-state index contributed by atoms with van der Waals surface area (Å²) in [6.07, 6.45) is 0.934. The number of carbonyl (C=O) groups is 1. The average Bonchev–Trinajstić information content (AvgIpc) is 2.26. The van der Waals surface area contributed by atoms with Gasteiger partial charge in [-0.05, 0) is 12.1 Å². The topological polar surface area (TPSA) is 120 Å². The van der Waals surface area contributed by atoms with Gasteiger partial charge in [0.15, 0.2) is 5.03 Å². The summed E-state index contributed by atoms with van der Waals surface area (Å²) in [5.74, 6) is -1.19. The lowest BCUT2D eigenvalue weighted by molar-refractivity contribution is 0.0696. The second kappa shape index (κ2) is 4.69. The summed E-state index contributed by atoms with van der Waals surface area (Å²) < 4.78 is 24.8. The van der Waals surface area contributed by atoms with Gasteiger partial charge < -0.3 is 5.11 Å². The molecule has 84 valence electrons. The van der Waals surface area contributed by atoms with Crippen LogP contribution in [0.4, 0.5) is 0 Å². The van der Waals surface area contributed by atoms with Gasteiger partial charge in [0, 0.05) is 6.20 Å². The van der Waals surface area contributed by atoms with Crippen molar-refractivity contribution in [3.8, 4) is 6.07 Å². The molecular formula is C8H7N3O4S. The van der Waals surface area contributed by atoms with E-state index in [9.17, 15) is 13.2 Å². The largest absolute Gasteiger partial charge is 0.478 e. The van der Waals surface area contributed by atoms with Crippen molar-refractivity contribution >= 4 is 16.0 Å². The highest BCUT2D eigenvalue weighted by Gasteiger charge is 2.15. The number of aromatic nitrogens is 1. The van der Waals surface area contributed by atoms with Gasteiger partial charge in [-0.15, -0.1) is 0 Å². The quantitative estimate of drug-likeness (QED) is 0.691. The lowest BCUT2D eigenvalue weighted by Crippen LogP contribution is -2.24. The molecule has 7 nitrogen and oxygen atoms in total. The molecule has 0 saturated heterocycles. The Labute approximate surface area is 91.4 Å². The Hall–Kier alpha value is -1.98. The van der Waals surface area contributed by atoms with Gasteiger partial charge in [-0.2, -0.15) is 9.98 Å². The van der Waals surface area contributed by atoms with Crippen LogP contribution in [-0.4, -0.2) is 31.0 Å². The molecule has 0 bridgehead atoms. The molecule has 16 heavy (non-hydrogen) atoms. The van der Waals surface area contributed by atoms with Gasteiger partial charge >= 0.3 is 5.97 Å². The normalized spacial score (nSPS) is 10.7. The lowest BCUT2D eigenvalue weighted by atomic mass is 10.3. The number of hydrogen-bond donors (Lipinski definition) is 2. The third kappa shape index (κ3) is 2.75. The van der Waals surface area contributed by atoms with Crippen molar-refractivity contribution in [1.29, 1.82) is 5.26 Å². The number of rotatable bonds is 4. The van der Waals surface area contributed by atoms with Crippen molar-refractivity contribution in [3.63, 3.8) is 0 Å². The van der Waals surface area contributed by atoms with E-state index in [1.807, 2.05) is 4.72 Å². The molecule has 0 atom stereocenters. The monoisotopic (exact) mass is 241 g/mol. The summed E-state index contributed by atoms with van der Waals surface area (Å²) in [6.45, 7) is -0.370. The highest BCUT2D eigenvalue weighted by molar-refractivity contribution is 7.89. The van der Waals surface area contributed by atoms with E-state index in [-0.39, 0.29) is 17.1 Å². The third-order valence-electron chi connectivity index (χ3n) is 1.60. The molecule has 1 heterocycles. The fourth-order valence-electron chi connectivity index (χ4n) is 0.867. The Kier molecular flexibility index (Phi) is 3.55. The zero-order valence-corrected chi connectivity index (χ0v) is 8.73. The molecule has 0 aliphatic rings. The van der Waals surface area contributed by atoms with Crippen LogP contribution in [-0.2, 0) is 10.0 Å². The van der Waals surface area contributed by atoms with Crippen LogP contribution in [0, 0.1) is 11.3 Å². The zero-order chi connectivity index (χ0) is 12.2. The summed E-state index contributed by atoms with van der Waals surface area (Å²) in [7, 11) is -3.84. The highest BCUT2D eigenvalue weighted by atomic mass is 32.2. The maximum Gasteiger partial charge on any atom is 0.337 e. The number of pyridine rings is 1. The van der Waals surface area contributed by atoms with Crippen LogP contribution in [0.3, 0.4) is 0 Å². The van der Waals surface area contributed by atoms with Crippen LogP contribution in [0.25, 0.3) is 0 Å². The number of sulfonamides is 1. The number of aromatic carboxylic acids is 1. The van der Waals surface area contributed by atoms with Crippen LogP contribution >= 0.6 is 0 Å². The van der Waals surface area contributed by atoms with Gasteiger partial charge in [0.05, 0.1) is 18.2 Å². The third-order valence-corrected chi connectivity index (χ3v) is 2.92. The Balaban J connectivity index is 2.98. The number of carboxylic acids is 1. The van der Waals surface area contributed by atoms with Crippen molar-refractivity contribution in [2.75, 3.05) is 6.54 Å². The van der Waals surface area contributed by atoms with Crippen molar-refractivity contribution in [3.05, 3.63) is 23.9 Å². The highest BCUT2D eigenvalue weighted by Crippen LogP contribution is 2.06. The summed E-state index contributed by atoms with van der Waals surface area (Å²) in [5, 5.41) is 16.5. The van der Waals surface area contributed by atoms with Gasteiger partial charge in [0.25, 0.3) is 10.0 Å². The molecule has 0 spiro atoms. The number of nitrogens with zero attached hydrogens (tertiary/aromatic N) is 2. The van der Waals surface area contributed by atoms with E-state index < -0.39 is 16.0 Å². The second-order valence-electron chi connectivity index (χ2n) is 2.67. The maximum absolute atomic E-state index is 11.4. The van der Waals surface area contributed by atoms with Crippen LogP contribution < -0.4 is 4.72 Å². The standard InChI is InChI=1S/C8H7N3O4S/c9-3-4-11-16(14,15)7-2-1-6(5-10-7)8(12)13/h1-2,5,11H,4H2,(H,12,13). The molecule has 0 amide bonds. The SMILES string of the molecule is N#CCNS(=O)(=O)c1ccc(C(=O)O)cn1. The minimum absolute atomic E-state index is 0.112. The minimum Gasteiger partial charge on any atom is -0.478 e. The maximum atomic E-state index is 11.4. The van der Waals surface area contributed by atoms with E-state index >= 15 is 0 Å². The first-order valence-corrected chi connectivity index (χ1v) is 5.51. The molecule has 0 aliphatic carbocycles. The van der Waals surface area contributed by atoms with E-state index in [1.165, 1.54) is 0 Å². The first-order chi connectivity index (χ1) is 7.47. The van der Waals surface area contributed by atoms with Crippen molar-refractivity contribution < 1.29 is 18.3 Å². The first-order valence-electron chi connectivity index (χ1n) is 4.03. The molecule has 1 aromatic rings. The average molecular weight is 241 g/mol. The minimum atomic E-state index is -3.84. The summed E-state index contributed by atoms with van der Waals surface area (Å²) in [5.41, 5.74) is -0.112. The van der Waals surface area contributed by atoms with Gasteiger partial charge in [-0.1, -0.05) is 0 Å². The van der Waals surface area contributed by atoms with Crippen LogP contribution in [0.1, 0.15) is 10.4 Å². The zero-order valence-electron chi connectivity index (χ0n) is 7.91. The molecule has 1 aromatic heterocycles. The molecule has 1 rings (SSSR count). The van der Waals surface area contributed by atoms with Crippen molar-refractivity contribution in [2.24, 2.45) is 0 Å². The Bertz CT molecular complexity index is 529. The predicted molar refractivity (Wildman–Crippen MR) is 52.0 cm³/mol. The summed E-state index contributed by atoms with van der Waals surface area (Å²) in [6, 6.07) is 3.79. The van der Waals surface area contributed by atoms with Crippen LogP contribution in [0.15, 0.2) is 23.4 Å². The van der Waals surface area contributed by atoms with Gasteiger partial charge in [-0.25, -0.2) is 18.2 Å². The Morgan fingerprint density at radius 1 is 1.56 bits per heavy atom. The lowest BCUT2D eigenvalue weighted by Gasteiger charge is -2.02. The first kappa shape index (κ1) is 12.1. The molecule has 0 fully saturated rings. The fourth-order valence-corrected chi connectivity index (χ4v) is 1.71. The van der Waals surface area contributed by atoms with E-state index in [1.54, 1.807) is 6.07 Å². The molecule has 0 saturated carbocycles. The van der Waals surface area contributed by atoms with Gasteiger partial charge in [-0.3, -0.25) is 0 Å². The molecule has 0 aromatic carbocycles. The number of hydrogen-bond acceptors (Lipinski definition) is 5. The molecule has 0 aliphatic heterocycles. The summed E-state index contributed by atoms with van der Waals surface area (Å²) >= 11 is 0. The number of nitrogens with one attached hydrogen (secondary N) is 1. The van der Waals surface area contributed by atoms with Gasteiger partial charge in [0.2, 0.25) is 0 Å². The molecule has 0 radical (unpaired) electrons. The second-order valence-corrected chi connectivity index (χ2v) is 4.39. The van der Waals surface area contributed by atoms with Crippen LogP contribution in [0.5, 0.6) is 0 Å². The van der Waals surface area contributed by atoms with Gasteiger partial charge in [0.1, 0.15) is 0 Å². The predicted octanol–water partition coefficient (Wildman–Crippen LogP) is -0.418. The fraction of sp³-hybridized carbons (Fsp3) is 0.125.